The summed E-state index contributed by atoms with van der Waals surface area (Å²) in [5.74, 6) is -3.53. The number of ether oxygens (including phenoxy) is 1. The van der Waals surface area contributed by atoms with Crippen LogP contribution in [0.4, 0.5) is 0 Å². The third-order valence-electron chi connectivity index (χ3n) is 1.66. The Morgan fingerprint density at radius 2 is 2.12 bits per heavy atom. The van der Waals surface area contributed by atoms with Crippen molar-refractivity contribution in [2.45, 2.75) is 12.2 Å². The Kier molecular flexibility index (Phi) is 6.12. The maximum Gasteiger partial charge on any atom is 1.00 e. The molecule has 0 radical (unpaired) electrons. The number of carbonyl (C=O) groups is 1. The van der Waals surface area contributed by atoms with Crippen molar-refractivity contribution >= 4 is 13.8 Å². The van der Waals surface area contributed by atoms with Gasteiger partial charge in [-0.1, -0.05) is 0 Å². The van der Waals surface area contributed by atoms with E-state index < -0.39 is 44.1 Å². The second-order valence-electron chi connectivity index (χ2n) is 2.85. The zero-order valence-electron chi connectivity index (χ0n) is 8.64. The van der Waals surface area contributed by atoms with Gasteiger partial charge in [0.2, 0.25) is 0 Å². The molecule has 0 bridgehead atoms. The number of hydrogen-bond acceptors (Lipinski definition) is 8. The molecule has 0 amide bonds. The molecule has 0 saturated heterocycles. The summed E-state index contributed by atoms with van der Waals surface area (Å²) in [6.07, 6.45) is -3.26. The third-order valence-corrected chi connectivity index (χ3v) is 2.08. The minimum Gasteiger partial charge on any atom is -0.746 e. The van der Waals surface area contributed by atoms with Gasteiger partial charge in [-0.25, -0.2) is 4.79 Å². The number of rotatable bonds is 4. The Bertz CT molecular complexity index is 374. The molecule has 1 heterocycles. The van der Waals surface area contributed by atoms with E-state index >= 15 is 0 Å². The molecule has 92 valence electrons. The number of phosphoric acid groups is 1. The molecular weight excluding hydrogens is 270 g/mol. The molecule has 0 aliphatic carbocycles. The van der Waals surface area contributed by atoms with E-state index in [1.165, 1.54) is 0 Å². The monoisotopic (exact) mass is 278 g/mol. The van der Waals surface area contributed by atoms with Crippen molar-refractivity contribution in [2.24, 2.45) is 0 Å². The van der Waals surface area contributed by atoms with Gasteiger partial charge in [-0.3, -0.25) is 4.57 Å². The van der Waals surface area contributed by atoms with Crippen molar-refractivity contribution in [3.05, 3.63) is 11.5 Å². The van der Waals surface area contributed by atoms with Crippen molar-refractivity contribution in [3.63, 3.8) is 0 Å². The largest absolute Gasteiger partial charge is 1.00 e. The number of aliphatic hydroxyl groups is 3. The van der Waals surface area contributed by atoms with E-state index in [0.717, 1.165) is 0 Å². The van der Waals surface area contributed by atoms with Gasteiger partial charge in [-0.05, 0) is 0 Å². The van der Waals surface area contributed by atoms with E-state index in [1.807, 2.05) is 0 Å². The summed E-state index contributed by atoms with van der Waals surface area (Å²) in [4.78, 5) is 29.6. The van der Waals surface area contributed by atoms with E-state index in [4.69, 9.17) is 15.1 Å². The van der Waals surface area contributed by atoms with Gasteiger partial charge in [0.1, 0.15) is 6.10 Å². The fourth-order valence-corrected chi connectivity index (χ4v) is 1.41. The number of hydrogen-bond donors (Lipinski definition) is 4. The van der Waals surface area contributed by atoms with Gasteiger partial charge in [0, 0.05) is 0 Å². The Morgan fingerprint density at radius 3 is 2.53 bits per heavy atom. The molecule has 4 N–H and O–H groups in total. The smallest absolute Gasteiger partial charge is 0.746 e. The molecule has 1 aliphatic heterocycles. The van der Waals surface area contributed by atoms with Gasteiger partial charge in [0.05, 0.1) is 6.61 Å². The molecular formula is C6H8NaO9P. The van der Waals surface area contributed by atoms with Gasteiger partial charge in [-0.2, -0.15) is 0 Å². The average Bonchev–Trinajstić information content (AvgIpc) is 2.42. The number of phosphoric ester groups is 1. The Labute approximate surface area is 117 Å². The standard InChI is InChI=1S/C6H9O9P.Na/c7-1-2(8)4-3(9)5(6(10)14-4)15-16(11,12)13;/h2,4,7-9H,1H2,(H2,11,12,13);/q;+1/p-1. The van der Waals surface area contributed by atoms with Gasteiger partial charge in [0.15, 0.2) is 11.9 Å². The van der Waals surface area contributed by atoms with Crippen molar-refractivity contribution in [1.82, 2.24) is 0 Å². The molecule has 11 heteroatoms. The summed E-state index contributed by atoms with van der Waals surface area (Å²) < 4.78 is 18.4. The third kappa shape index (κ3) is 4.23. The van der Waals surface area contributed by atoms with Gasteiger partial charge < -0.3 is 34.4 Å². The Balaban J connectivity index is 0.00000256. The van der Waals surface area contributed by atoms with E-state index in [9.17, 15) is 19.4 Å². The first kappa shape index (κ1) is 16.9. The quantitative estimate of drug-likeness (QED) is 0.224. The number of cyclic esters (lactones) is 1. The van der Waals surface area contributed by atoms with Crippen molar-refractivity contribution < 1.29 is 73.3 Å². The summed E-state index contributed by atoms with van der Waals surface area (Å²) in [6, 6.07) is 0. The van der Waals surface area contributed by atoms with Gasteiger partial charge in [0.25, 0.3) is 5.76 Å². The summed E-state index contributed by atoms with van der Waals surface area (Å²) >= 11 is 0. The minimum absolute atomic E-state index is 0. The molecule has 17 heavy (non-hydrogen) atoms. The van der Waals surface area contributed by atoms with Crippen LogP contribution in [0.25, 0.3) is 0 Å². The Morgan fingerprint density at radius 1 is 1.59 bits per heavy atom. The number of esters is 1. The fraction of sp³-hybridized carbons (Fsp3) is 0.500. The van der Waals surface area contributed by atoms with Crippen LogP contribution >= 0.6 is 7.82 Å². The molecule has 0 fully saturated rings. The molecule has 0 saturated carbocycles. The van der Waals surface area contributed by atoms with Crippen molar-refractivity contribution in [3.8, 4) is 0 Å². The van der Waals surface area contributed by atoms with Crippen LogP contribution in [0.15, 0.2) is 11.5 Å². The topological polar surface area (TPSA) is 157 Å². The molecule has 0 aromatic carbocycles. The van der Waals surface area contributed by atoms with E-state index in [0.29, 0.717) is 0 Å². The molecule has 0 spiro atoms. The summed E-state index contributed by atoms with van der Waals surface area (Å²) in [5, 5.41) is 26.9. The first-order valence-corrected chi connectivity index (χ1v) is 5.42. The fourth-order valence-electron chi connectivity index (χ4n) is 1.01. The normalized spacial score (nSPS) is 24.7. The van der Waals surface area contributed by atoms with Crippen LogP contribution in [-0.4, -0.2) is 45.0 Å². The Hall–Kier alpha value is -0.120. The van der Waals surface area contributed by atoms with Gasteiger partial charge in [-0.15, -0.1) is 0 Å². The summed E-state index contributed by atoms with van der Waals surface area (Å²) in [5.41, 5.74) is 0. The SMILES string of the molecule is O=C1OC(C(O)CO)C(O)=C1OP(=O)([O-])O.[Na+]. The molecule has 0 aromatic rings. The maximum atomic E-state index is 11.0. The molecule has 9 nitrogen and oxygen atoms in total. The zero-order valence-corrected chi connectivity index (χ0v) is 11.5. The second-order valence-corrected chi connectivity index (χ2v) is 3.97. The predicted octanol–water partition coefficient (Wildman–Crippen LogP) is -5.48. The van der Waals surface area contributed by atoms with Crippen LogP contribution in [0, 0.1) is 0 Å². The second kappa shape index (κ2) is 6.17. The van der Waals surface area contributed by atoms with Crippen LogP contribution in [0.3, 0.4) is 0 Å². The van der Waals surface area contributed by atoms with E-state index in [1.54, 1.807) is 0 Å². The number of aliphatic hydroxyl groups excluding tert-OH is 3. The molecule has 3 unspecified atom stereocenters. The average molecular weight is 278 g/mol. The van der Waals surface area contributed by atoms with Crippen LogP contribution in [0.1, 0.15) is 0 Å². The van der Waals surface area contributed by atoms with Crippen LogP contribution in [-0.2, 0) is 18.6 Å². The van der Waals surface area contributed by atoms with Crippen LogP contribution in [0.5, 0.6) is 0 Å². The molecule has 3 atom stereocenters. The first-order chi connectivity index (χ1) is 7.26. The van der Waals surface area contributed by atoms with Crippen molar-refractivity contribution in [1.29, 1.82) is 0 Å². The van der Waals surface area contributed by atoms with Crippen molar-refractivity contribution in [2.75, 3.05) is 6.61 Å². The first-order valence-electron chi connectivity index (χ1n) is 3.92. The van der Waals surface area contributed by atoms with Gasteiger partial charge >= 0.3 is 43.3 Å². The molecule has 1 rings (SSSR count). The summed E-state index contributed by atoms with van der Waals surface area (Å²) in [6.45, 7) is -0.830. The summed E-state index contributed by atoms with van der Waals surface area (Å²) in [7, 11) is -5.27. The molecule has 1 aliphatic rings. The predicted molar refractivity (Wildman–Crippen MR) is 43.5 cm³/mol. The van der Waals surface area contributed by atoms with E-state index in [2.05, 4.69) is 9.26 Å². The molecule has 0 aromatic heterocycles. The minimum atomic E-state index is -5.27. The maximum absolute atomic E-state index is 11.0. The number of carbonyl (C=O) groups excluding carboxylic acids is 1. The van der Waals surface area contributed by atoms with E-state index in [-0.39, 0.29) is 29.6 Å². The van der Waals surface area contributed by atoms with Crippen LogP contribution < -0.4 is 34.5 Å². The zero-order chi connectivity index (χ0) is 12.5. The van der Waals surface area contributed by atoms with Crippen LogP contribution in [0.2, 0.25) is 0 Å².